The molecule has 4 heteroatoms. The lowest BCUT2D eigenvalue weighted by Crippen LogP contribution is -1.94. The van der Waals surface area contributed by atoms with Crippen molar-refractivity contribution in [2.75, 3.05) is 0 Å². The van der Waals surface area contributed by atoms with Gasteiger partial charge in [0.2, 0.25) is 0 Å². The van der Waals surface area contributed by atoms with Gasteiger partial charge in [-0.1, -0.05) is 48.2 Å². The van der Waals surface area contributed by atoms with Crippen molar-refractivity contribution in [3.05, 3.63) is 119 Å². The van der Waals surface area contributed by atoms with Crippen LogP contribution in [0.2, 0.25) is 0 Å². The lowest BCUT2D eigenvalue weighted by Gasteiger charge is -2.09. The topological polar surface area (TPSA) is 23.8 Å². The SMILES string of the molecule is C=CCCc1ccc(C#Cc2ccc3c(F)c(-c4cc(F)c(C#N)c(F)c4)ccc3c2)cc1. The number of benzene rings is 4. The maximum Gasteiger partial charge on any atom is 0.144 e. The van der Waals surface area contributed by atoms with Crippen LogP contribution in [0.5, 0.6) is 0 Å². The first kappa shape index (κ1) is 21.9. The second-order valence-corrected chi connectivity index (χ2v) is 7.56. The molecule has 0 saturated carbocycles. The van der Waals surface area contributed by atoms with Crippen LogP contribution >= 0.6 is 0 Å². The van der Waals surface area contributed by atoms with Crippen molar-refractivity contribution < 1.29 is 13.2 Å². The van der Waals surface area contributed by atoms with E-state index in [9.17, 15) is 8.78 Å². The smallest absolute Gasteiger partial charge is 0.144 e. The van der Waals surface area contributed by atoms with Gasteiger partial charge < -0.3 is 0 Å². The highest BCUT2D eigenvalue weighted by atomic mass is 19.1. The number of allylic oxidation sites excluding steroid dienone is 1. The molecule has 0 aliphatic heterocycles. The van der Waals surface area contributed by atoms with Crippen LogP contribution in [0, 0.1) is 40.6 Å². The standard InChI is InChI=1S/C29H18F3N/c1-2-3-4-19-5-7-20(8-6-19)9-10-21-11-13-24-22(15-21)12-14-25(29(24)32)23-16-27(30)26(18-33)28(31)17-23/h2,5-8,11-17H,1,3-4H2. The zero-order valence-corrected chi connectivity index (χ0v) is 17.6. The molecule has 0 amide bonds. The highest BCUT2D eigenvalue weighted by Gasteiger charge is 2.15. The molecule has 0 unspecified atom stereocenters. The minimum absolute atomic E-state index is 0.0313. The predicted molar refractivity (Wildman–Crippen MR) is 125 cm³/mol. The van der Waals surface area contributed by atoms with Gasteiger partial charge in [0.25, 0.3) is 0 Å². The summed E-state index contributed by atoms with van der Waals surface area (Å²) < 4.78 is 43.1. The van der Waals surface area contributed by atoms with E-state index in [4.69, 9.17) is 5.26 Å². The predicted octanol–water partition coefficient (Wildman–Crippen LogP) is 7.31. The monoisotopic (exact) mass is 437 g/mol. The average molecular weight is 437 g/mol. The number of hydrogen-bond donors (Lipinski definition) is 0. The van der Waals surface area contributed by atoms with E-state index in [1.165, 1.54) is 17.7 Å². The van der Waals surface area contributed by atoms with Crippen LogP contribution in [-0.2, 0) is 6.42 Å². The minimum atomic E-state index is -1.02. The number of nitrogens with zero attached hydrogens (tertiary/aromatic N) is 1. The first-order valence-corrected chi connectivity index (χ1v) is 10.3. The lowest BCUT2D eigenvalue weighted by molar-refractivity contribution is 0.577. The Kier molecular flexibility index (Phi) is 6.29. The maximum atomic E-state index is 15.2. The van der Waals surface area contributed by atoms with E-state index in [2.05, 4.69) is 18.4 Å². The largest absolute Gasteiger partial charge is 0.206 e. The van der Waals surface area contributed by atoms with Crippen LogP contribution in [0.1, 0.15) is 28.7 Å². The van der Waals surface area contributed by atoms with Gasteiger partial charge in [-0.15, -0.1) is 6.58 Å². The van der Waals surface area contributed by atoms with E-state index in [1.54, 1.807) is 24.3 Å². The molecule has 0 aliphatic rings. The Morgan fingerprint density at radius 3 is 2.15 bits per heavy atom. The van der Waals surface area contributed by atoms with Crippen LogP contribution in [0.4, 0.5) is 13.2 Å². The van der Waals surface area contributed by atoms with Crippen molar-refractivity contribution in [1.29, 1.82) is 5.26 Å². The molecule has 0 bridgehead atoms. The number of fused-ring (bicyclic) bond motifs is 1. The molecule has 0 spiro atoms. The molecular formula is C29H18F3N. The van der Waals surface area contributed by atoms with Gasteiger partial charge in [0.15, 0.2) is 0 Å². The summed E-state index contributed by atoms with van der Waals surface area (Å²) in [6.45, 7) is 3.73. The fraction of sp³-hybridized carbons (Fsp3) is 0.0690. The summed E-state index contributed by atoms with van der Waals surface area (Å²) in [5.41, 5.74) is 2.22. The van der Waals surface area contributed by atoms with Crippen molar-refractivity contribution >= 4 is 10.8 Å². The van der Waals surface area contributed by atoms with Crippen molar-refractivity contribution in [3.8, 4) is 29.0 Å². The number of nitriles is 1. The van der Waals surface area contributed by atoms with Crippen molar-refractivity contribution in [2.24, 2.45) is 0 Å². The van der Waals surface area contributed by atoms with E-state index >= 15 is 4.39 Å². The van der Waals surface area contributed by atoms with E-state index in [0.717, 1.165) is 36.1 Å². The average Bonchev–Trinajstić information content (AvgIpc) is 2.82. The quantitative estimate of drug-likeness (QED) is 0.242. The fourth-order valence-electron chi connectivity index (χ4n) is 3.60. The maximum absolute atomic E-state index is 15.2. The molecule has 0 N–H and O–H groups in total. The molecular weight excluding hydrogens is 419 g/mol. The van der Waals surface area contributed by atoms with Crippen molar-refractivity contribution in [3.63, 3.8) is 0 Å². The van der Waals surface area contributed by atoms with Crippen LogP contribution in [-0.4, -0.2) is 0 Å². The van der Waals surface area contributed by atoms with Gasteiger partial charge in [-0.05, 0) is 65.8 Å². The third kappa shape index (κ3) is 4.66. The molecule has 0 saturated heterocycles. The second kappa shape index (κ2) is 9.47. The van der Waals surface area contributed by atoms with Crippen molar-refractivity contribution in [2.45, 2.75) is 12.8 Å². The summed E-state index contributed by atoms with van der Waals surface area (Å²) in [6, 6.07) is 19.7. The molecule has 4 aromatic carbocycles. The molecule has 0 heterocycles. The molecule has 160 valence electrons. The summed E-state index contributed by atoms with van der Waals surface area (Å²) >= 11 is 0. The van der Waals surface area contributed by atoms with Crippen LogP contribution in [0.15, 0.2) is 79.4 Å². The van der Waals surface area contributed by atoms with Crippen LogP contribution in [0.3, 0.4) is 0 Å². The van der Waals surface area contributed by atoms with E-state index in [1.807, 2.05) is 30.3 Å². The second-order valence-electron chi connectivity index (χ2n) is 7.56. The van der Waals surface area contributed by atoms with Gasteiger partial charge in [0.1, 0.15) is 29.1 Å². The van der Waals surface area contributed by atoms with Gasteiger partial charge in [-0.3, -0.25) is 0 Å². The van der Waals surface area contributed by atoms with Crippen LogP contribution < -0.4 is 0 Å². The summed E-state index contributed by atoms with van der Waals surface area (Å²) in [4.78, 5) is 0. The van der Waals surface area contributed by atoms with Gasteiger partial charge in [0, 0.05) is 22.1 Å². The first-order chi connectivity index (χ1) is 16.0. The van der Waals surface area contributed by atoms with E-state index < -0.39 is 23.0 Å². The summed E-state index contributed by atoms with van der Waals surface area (Å²) in [5.74, 6) is 3.57. The van der Waals surface area contributed by atoms with Gasteiger partial charge in [-0.25, -0.2) is 13.2 Å². The number of aryl methyl sites for hydroxylation is 1. The molecule has 33 heavy (non-hydrogen) atoms. The minimum Gasteiger partial charge on any atom is -0.206 e. The Morgan fingerprint density at radius 1 is 0.818 bits per heavy atom. The Morgan fingerprint density at radius 2 is 1.48 bits per heavy atom. The van der Waals surface area contributed by atoms with Gasteiger partial charge in [-0.2, -0.15) is 5.26 Å². The zero-order chi connectivity index (χ0) is 23.4. The number of halogens is 3. The fourth-order valence-corrected chi connectivity index (χ4v) is 3.60. The highest BCUT2D eigenvalue weighted by Crippen LogP contribution is 2.31. The summed E-state index contributed by atoms with van der Waals surface area (Å²) in [5, 5.41) is 9.76. The first-order valence-electron chi connectivity index (χ1n) is 10.3. The van der Waals surface area contributed by atoms with Gasteiger partial charge in [0.05, 0.1) is 0 Å². The third-order valence-electron chi connectivity index (χ3n) is 5.36. The Hall–Kier alpha value is -4.28. The molecule has 4 aromatic rings. The molecule has 4 rings (SSSR count). The third-order valence-corrected chi connectivity index (χ3v) is 5.36. The Labute approximate surface area is 190 Å². The van der Waals surface area contributed by atoms with Crippen LogP contribution in [0.25, 0.3) is 21.9 Å². The zero-order valence-electron chi connectivity index (χ0n) is 17.6. The highest BCUT2D eigenvalue weighted by molar-refractivity contribution is 5.89. The van der Waals surface area contributed by atoms with E-state index in [0.29, 0.717) is 10.8 Å². The van der Waals surface area contributed by atoms with E-state index in [-0.39, 0.29) is 11.1 Å². The lowest BCUT2D eigenvalue weighted by atomic mass is 9.98. The van der Waals surface area contributed by atoms with Gasteiger partial charge >= 0.3 is 0 Å². The Balaban J connectivity index is 1.64. The Bertz CT molecular complexity index is 1440. The molecule has 0 atom stereocenters. The number of rotatable bonds is 4. The normalized spacial score (nSPS) is 10.4. The summed E-state index contributed by atoms with van der Waals surface area (Å²) in [6.07, 6.45) is 3.76. The molecule has 1 nitrogen and oxygen atoms in total. The van der Waals surface area contributed by atoms with Crippen molar-refractivity contribution in [1.82, 2.24) is 0 Å². The molecule has 0 aromatic heterocycles. The molecule has 0 radical (unpaired) electrons. The summed E-state index contributed by atoms with van der Waals surface area (Å²) in [7, 11) is 0. The molecule has 0 aliphatic carbocycles. The molecule has 0 fully saturated rings. The number of hydrogen-bond acceptors (Lipinski definition) is 1.